The first-order valence-corrected chi connectivity index (χ1v) is 11.4. The van der Waals surface area contributed by atoms with Gasteiger partial charge >= 0.3 is 11.9 Å². The van der Waals surface area contributed by atoms with Crippen molar-refractivity contribution in [3.8, 4) is 0 Å². The number of carboxylic acid groups (broad SMARTS) is 1. The number of aliphatic imine (C=N–C) groups is 1. The zero-order chi connectivity index (χ0) is 24.1. The van der Waals surface area contributed by atoms with Gasteiger partial charge in [-0.05, 0) is 31.6 Å². The fourth-order valence-electron chi connectivity index (χ4n) is 4.85. The van der Waals surface area contributed by atoms with E-state index in [2.05, 4.69) is 31.6 Å². The molecule has 2 aliphatic heterocycles. The molecule has 1 saturated carbocycles. The molecule has 0 bridgehead atoms. The van der Waals surface area contributed by atoms with E-state index in [1.165, 1.54) is 0 Å². The number of ether oxygens (including phenoxy) is 1. The monoisotopic (exact) mass is 468 g/mol. The number of aliphatic carboxylic acids is 1. The van der Waals surface area contributed by atoms with Crippen LogP contribution in [0.15, 0.2) is 4.99 Å². The second-order valence-electron chi connectivity index (χ2n) is 8.74. The van der Waals surface area contributed by atoms with Crippen molar-refractivity contribution < 1.29 is 24.2 Å². The number of fused-ring (bicyclic) bond motifs is 1. The molecular formula is C20H36N8O5. The van der Waals surface area contributed by atoms with Crippen LogP contribution in [0.25, 0.3) is 0 Å². The molecule has 2 heterocycles. The van der Waals surface area contributed by atoms with Crippen LogP contribution in [-0.4, -0.2) is 79.2 Å². The topological polar surface area (TPSA) is 205 Å². The minimum absolute atomic E-state index is 0.000415. The predicted molar refractivity (Wildman–Crippen MR) is 119 cm³/mol. The summed E-state index contributed by atoms with van der Waals surface area (Å²) in [4.78, 5) is 39.9. The average molecular weight is 469 g/mol. The van der Waals surface area contributed by atoms with E-state index in [-0.39, 0.29) is 49.0 Å². The average Bonchev–Trinajstić information content (AvgIpc) is 2.79. The van der Waals surface area contributed by atoms with Crippen LogP contribution in [0.2, 0.25) is 0 Å². The minimum atomic E-state index is -1.67. The summed E-state index contributed by atoms with van der Waals surface area (Å²) in [6.07, 6.45) is 0.292. The lowest BCUT2D eigenvalue weighted by Gasteiger charge is -2.48. The highest BCUT2D eigenvalue weighted by atomic mass is 16.6. The van der Waals surface area contributed by atoms with Crippen molar-refractivity contribution in [3.05, 3.63) is 0 Å². The lowest BCUT2D eigenvalue weighted by Crippen LogP contribution is -2.81. The van der Waals surface area contributed by atoms with Crippen LogP contribution in [0.1, 0.15) is 39.0 Å². The van der Waals surface area contributed by atoms with E-state index >= 15 is 0 Å². The van der Waals surface area contributed by atoms with E-state index in [1.807, 2.05) is 0 Å². The van der Waals surface area contributed by atoms with Crippen LogP contribution < -0.4 is 38.1 Å². The Morgan fingerprint density at radius 3 is 2.39 bits per heavy atom. The van der Waals surface area contributed by atoms with Crippen LogP contribution in [0, 0.1) is 11.8 Å². The molecule has 0 aromatic carbocycles. The predicted octanol–water partition coefficient (Wildman–Crippen LogP) is -2.68. The molecule has 3 fully saturated rings. The van der Waals surface area contributed by atoms with E-state index in [1.54, 1.807) is 14.0 Å². The molecule has 0 radical (unpaired) electrons. The molecule has 2 saturated heterocycles. The quantitative estimate of drug-likeness (QED) is 0.110. The fourth-order valence-corrected chi connectivity index (χ4v) is 4.85. The Morgan fingerprint density at radius 2 is 1.79 bits per heavy atom. The van der Waals surface area contributed by atoms with Crippen molar-refractivity contribution in [2.75, 3.05) is 13.6 Å². The summed E-state index contributed by atoms with van der Waals surface area (Å²) in [5.41, 5.74) is 13.2. The first kappa shape index (κ1) is 25.5. The number of hydrogen-bond acceptors (Lipinski definition) is 11. The minimum Gasteiger partial charge on any atom is -0.477 e. The molecule has 5 unspecified atom stereocenters. The highest BCUT2D eigenvalue weighted by molar-refractivity contribution is 5.92. The maximum absolute atomic E-state index is 12.6. The molecule has 0 aromatic rings. The van der Waals surface area contributed by atoms with Gasteiger partial charge in [-0.2, -0.15) is 0 Å². The van der Waals surface area contributed by atoms with E-state index in [4.69, 9.17) is 16.2 Å². The Kier molecular flexibility index (Phi) is 8.73. The lowest BCUT2D eigenvalue weighted by molar-refractivity contribution is -0.168. The van der Waals surface area contributed by atoms with Gasteiger partial charge in [-0.1, -0.05) is 6.92 Å². The first-order chi connectivity index (χ1) is 15.7. The van der Waals surface area contributed by atoms with E-state index in [0.717, 1.165) is 18.6 Å². The van der Waals surface area contributed by atoms with Crippen LogP contribution in [0.3, 0.4) is 0 Å². The maximum Gasteiger partial charge on any atom is 0.366 e. The maximum atomic E-state index is 12.6. The van der Waals surface area contributed by atoms with E-state index in [9.17, 15) is 19.5 Å². The molecule has 1 aliphatic carbocycles. The number of nitrogens with one attached hydrogen (secondary N) is 5. The van der Waals surface area contributed by atoms with Gasteiger partial charge < -0.3 is 26.6 Å². The largest absolute Gasteiger partial charge is 0.477 e. The summed E-state index contributed by atoms with van der Waals surface area (Å²) in [5.74, 6) is -2.65. The van der Waals surface area contributed by atoms with Crippen molar-refractivity contribution >= 4 is 23.6 Å². The van der Waals surface area contributed by atoms with Gasteiger partial charge in [-0.15, -0.1) is 0 Å². The Morgan fingerprint density at radius 1 is 1.12 bits per heavy atom. The third kappa shape index (κ3) is 6.25. The highest BCUT2D eigenvalue weighted by Crippen LogP contribution is 2.31. The van der Waals surface area contributed by atoms with E-state index < -0.39 is 24.1 Å². The van der Waals surface area contributed by atoms with Crippen molar-refractivity contribution in [1.29, 1.82) is 0 Å². The van der Waals surface area contributed by atoms with Crippen molar-refractivity contribution in [1.82, 2.24) is 26.6 Å². The number of nitrogens with two attached hydrogens (primary N) is 2. The third-order valence-electron chi connectivity index (χ3n) is 6.58. The molecule has 0 aromatic heterocycles. The van der Waals surface area contributed by atoms with Gasteiger partial charge in [0.15, 0.2) is 0 Å². The summed E-state index contributed by atoms with van der Waals surface area (Å²) in [6.45, 7) is 2.22. The summed E-state index contributed by atoms with van der Waals surface area (Å²) < 4.78 is 4.80. The zero-order valence-electron chi connectivity index (χ0n) is 19.0. The molecular weight excluding hydrogens is 432 g/mol. The lowest BCUT2D eigenvalue weighted by atomic mass is 9.77. The van der Waals surface area contributed by atoms with Crippen molar-refractivity contribution in [2.45, 2.75) is 76.0 Å². The molecule has 10 N–H and O–H groups in total. The molecule has 3 rings (SSSR count). The zero-order valence-corrected chi connectivity index (χ0v) is 19.0. The van der Waals surface area contributed by atoms with Crippen LogP contribution in [-0.2, 0) is 19.1 Å². The molecule has 3 aliphatic rings. The Bertz CT molecular complexity index is 757. The SMILES string of the molecule is CCC(=O)O[C@H](NC(=O)C1CCC(C(=NC)C2CNC3NC(N)NC(N)C3N2)CC1)C(=O)O. The molecule has 0 spiro atoms. The van der Waals surface area contributed by atoms with Crippen molar-refractivity contribution in [2.24, 2.45) is 28.3 Å². The second kappa shape index (κ2) is 11.3. The molecule has 33 heavy (non-hydrogen) atoms. The van der Waals surface area contributed by atoms with Gasteiger partial charge in [0, 0.05) is 31.6 Å². The highest BCUT2D eigenvalue weighted by Gasteiger charge is 2.41. The normalized spacial score (nSPS) is 35.8. The smallest absolute Gasteiger partial charge is 0.366 e. The van der Waals surface area contributed by atoms with Gasteiger partial charge in [-0.25, -0.2) is 4.79 Å². The number of carbonyl (C=O) groups excluding carboxylic acids is 2. The summed E-state index contributed by atoms with van der Waals surface area (Å²) in [6, 6.07) is -0.0679. The third-order valence-corrected chi connectivity index (χ3v) is 6.58. The van der Waals surface area contributed by atoms with Gasteiger partial charge in [0.05, 0.1) is 24.4 Å². The number of carboxylic acids is 1. The van der Waals surface area contributed by atoms with Gasteiger partial charge in [0.25, 0.3) is 6.23 Å². The van der Waals surface area contributed by atoms with Gasteiger partial charge in [-0.3, -0.25) is 35.8 Å². The number of hydrogen-bond donors (Lipinski definition) is 8. The Hall–Kier alpha value is -2.16. The summed E-state index contributed by atoms with van der Waals surface area (Å²) >= 11 is 0. The number of esters is 1. The molecule has 13 nitrogen and oxygen atoms in total. The van der Waals surface area contributed by atoms with Crippen LogP contribution in [0.5, 0.6) is 0 Å². The number of piperazine rings is 1. The number of carbonyl (C=O) groups is 3. The Labute approximate surface area is 192 Å². The van der Waals surface area contributed by atoms with E-state index in [0.29, 0.717) is 19.4 Å². The number of amides is 1. The number of nitrogens with zero attached hydrogens (tertiary/aromatic N) is 1. The molecule has 186 valence electrons. The summed E-state index contributed by atoms with van der Waals surface area (Å²) in [5, 5.41) is 24.9. The summed E-state index contributed by atoms with van der Waals surface area (Å²) in [7, 11) is 1.77. The molecule has 1 amide bonds. The van der Waals surface area contributed by atoms with Crippen molar-refractivity contribution in [3.63, 3.8) is 0 Å². The standard InChI is InChI=1S/C20H36N8O5/c1-3-12(29)33-18(19(31)32)28-17(30)10-6-4-9(5-7-10)13(23-2)11-8-24-16-14(25-11)15(21)26-20(22)27-16/h9-11,14-16,18,20,24-27H,3-8,21-22H2,1-2H3,(H,28,30)(H,31,32)/t9?,10?,11?,14?,15?,16?,18-,20?/m0/s1. The second-order valence-corrected chi connectivity index (χ2v) is 8.74. The molecule has 13 heteroatoms. The molecule has 6 atom stereocenters. The Balaban J connectivity index is 1.53. The van der Waals surface area contributed by atoms with Crippen LogP contribution in [0.4, 0.5) is 0 Å². The van der Waals surface area contributed by atoms with Gasteiger partial charge in [0.1, 0.15) is 6.29 Å². The first-order valence-electron chi connectivity index (χ1n) is 11.4. The van der Waals surface area contributed by atoms with Gasteiger partial charge in [0.2, 0.25) is 5.91 Å². The number of rotatable bonds is 7. The van der Waals surface area contributed by atoms with Crippen LogP contribution >= 0.6 is 0 Å². The fraction of sp³-hybridized carbons (Fsp3) is 0.800.